The topological polar surface area (TPSA) is 268 Å². The quantitative estimate of drug-likeness (QED) is 0.174. The van der Waals surface area contributed by atoms with Crippen LogP contribution in [-0.2, 0) is 18.9 Å². The van der Waals surface area contributed by atoms with Gasteiger partial charge < -0.3 is 73.1 Å². The highest BCUT2D eigenvalue weighted by Crippen LogP contribution is 2.30. The molecule has 0 aromatic rings. The predicted molar refractivity (Wildman–Crippen MR) is 108 cm³/mol. The third-order valence-electron chi connectivity index (χ3n) is 6.41. The number of aliphatic hydroxyl groups excluding tert-OH is 5. The Kier molecular flexibility index (Phi) is 8.79. The van der Waals surface area contributed by atoms with E-state index in [0.717, 1.165) is 0 Å². The van der Waals surface area contributed by atoms with E-state index in [4.69, 9.17) is 47.6 Å². The highest BCUT2D eigenvalue weighted by Gasteiger charge is 2.50. The van der Waals surface area contributed by atoms with Crippen LogP contribution in [0.25, 0.3) is 0 Å². The highest BCUT2D eigenvalue weighted by atomic mass is 16.7. The van der Waals surface area contributed by atoms with E-state index < -0.39 is 92.2 Å². The van der Waals surface area contributed by atoms with Crippen molar-refractivity contribution in [2.45, 2.75) is 98.4 Å². The van der Waals surface area contributed by atoms with E-state index in [1.54, 1.807) is 0 Å². The summed E-state index contributed by atoms with van der Waals surface area (Å²) in [7, 11) is 0. The standard InChI is InChI=1S/C18H37N5O9/c19-3-9-8(25)2-7(22)17(29-9)31-15-5(20)1-6(21)16(14(15)28)32-18-13(27)11(23)12(26)10(4-24)30-18/h5-18,24-28H,1-4,19-23H2/t5-,6+,7+,8-,9+,10-,11+,12-,13-,14-,15+,16-,17+,18-/m0/s1. The molecule has 0 bridgehead atoms. The van der Waals surface area contributed by atoms with Gasteiger partial charge >= 0.3 is 0 Å². The van der Waals surface area contributed by atoms with Gasteiger partial charge in [-0.2, -0.15) is 0 Å². The highest BCUT2D eigenvalue weighted by molar-refractivity contribution is 5.01. The molecule has 0 radical (unpaired) electrons. The molecule has 2 aliphatic heterocycles. The maximum Gasteiger partial charge on any atom is 0.186 e. The second-order valence-corrected chi connectivity index (χ2v) is 8.78. The van der Waals surface area contributed by atoms with Crippen LogP contribution in [0.2, 0.25) is 0 Å². The summed E-state index contributed by atoms with van der Waals surface area (Å²) in [5, 5.41) is 50.7. The van der Waals surface area contributed by atoms with Crippen LogP contribution in [0, 0.1) is 0 Å². The second kappa shape index (κ2) is 10.8. The van der Waals surface area contributed by atoms with Crippen molar-refractivity contribution in [2.75, 3.05) is 13.2 Å². The van der Waals surface area contributed by atoms with Crippen LogP contribution in [-0.4, -0.2) is 124 Å². The summed E-state index contributed by atoms with van der Waals surface area (Å²) < 4.78 is 22.7. The first-order valence-electron chi connectivity index (χ1n) is 10.8. The van der Waals surface area contributed by atoms with Crippen LogP contribution < -0.4 is 28.7 Å². The predicted octanol–water partition coefficient (Wildman–Crippen LogP) is -6.30. The molecule has 15 N–H and O–H groups in total. The fraction of sp³-hybridized carbons (Fsp3) is 1.00. The second-order valence-electron chi connectivity index (χ2n) is 8.78. The van der Waals surface area contributed by atoms with Crippen molar-refractivity contribution < 1.29 is 44.5 Å². The van der Waals surface area contributed by atoms with Gasteiger partial charge in [0.15, 0.2) is 12.6 Å². The number of aliphatic hydroxyl groups is 5. The molecule has 3 aliphatic rings. The largest absolute Gasteiger partial charge is 0.394 e. The van der Waals surface area contributed by atoms with Gasteiger partial charge in [0.05, 0.1) is 30.9 Å². The summed E-state index contributed by atoms with van der Waals surface area (Å²) in [6.45, 7) is -0.499. The average molecular weight is 468 g/mol. The SMILES string of the molecule is NC[C@H]1O[C@H](O[C@H]2[C@H](O)[C@@H](O[C@@H]3O[C@@H](CO)[C@H](O)[C@@H](N)[C@@H]3O)[C@H](N)C[C@@H]2N)[C@H](N)C[C@@H]1O. The monoisotopic (exact) mass is 467 g/mol. The minimum Gasteiger partial charge on any atom is -0.394 e. The third kappa shape index (κ3) is 5.24. The summed E-state index contributed by atoms with van der Waals surface area (Å²) in [6, 6.07) is -3.27. The molecule has 0 amide bonds. The molecule has 14 heteroatoms. The normalized spacial score (nSPS) is 52.7. The molecule has 3 rings (SSSR count). The van der Waals surface area contributed by atoms with E-state index in [2.05, 4.69) is 0 Å². The average Bonchev–Trinajstić information content (AvgIpc) is 2.75. The maximum atomic E-state index is 11.0. The van der Waals surface area contributed by atoms with Gasteiger partial charge in [-0.3, -0.25) is 0 Å². The van der Waals surface area contributed by atoms with Crippen molar-refractivity contribution in [2.24, 2.45) is 28.7 Å². The molecule has 1 saturated carbocycles. The van der Waals surface area contributed by atoms with Crippen molar-refractivity contribution in [1.29, 1.82) is 0 Å². The first kappa shape index (κ1) is 26.1. The van der Waals surface area contributed by atoms with E-state index in [1.807, 2.05) is 0 Å². The molecule has 0 aromatic heterocycles. The third-order valence-corrected chi connectivity index (χ3v) is 6.41. The molecule has 3 fully saturated rings. The van der Waals surface area contributed by atoms with Gasteiger partial charge in [0.2, 0.25) is 0 Å². The summed E-state index contributed by atoms with van der Waals surface area (Å²) in [4.78, 5) is 0. The lowest BCUT2D eigenvalue weighted by atomic mass is 9.84. The lowest BCUT2D eigenvalue weighted by molar-refractivity contribution is -0.314. The number of hydrogen-bond acceptors (Lipinski definition) is 14. The van der Waals surface area contributed by atoms with Gasteiger partial charge in [-0.25, -0.2) is 0 Å². The lowest BCUT2D eigenvalue weighted by Gasteiger charge is -2.47. The van der Waals surface area contributed by atoms with Gasteiger partial charge in [-0.15, -0.1) is 0 Å². The fourth-order valence-corrected chi connectivity index (χ4v) is 4.43. The zero-order chi connectivity index (χ0) is 23.7. The molecule has 32 heavy (non-hydrogen) atoms. The van der Waals surface area contributed by atoms with Crippen LogP contribution in [0.1, 0.15) is 12.8 Å². The Bertz CT molecular complexity index is 607. The lowest BCUT2D eigenvalue weighted by Crippen LogP contribution is -2.68. The number of hydrogen-bond donors (Lipinski definition) is 10. The smallest absolute Gasteiger partial charge is 0.186 e. The molecular formula is C18H37N5O9. The molecule has 2 saturated heterocycles. The Hall–Kier alpha value is -0.560. The molecule has 1 aliphatic carbocycles. The van der Waals surface area contributed by atoms with Crippen LogP contribution in [0.4, 0.5) is 0 Å². The zero-order valence-electron chi connectivity index (χ0n) is 17.7. The van der Waals surface area contributed by atoms with Crippen molar-refractivity contribution >= 4 is 0 Å². The van der Waals surface area contributed by atoms with Gasteiger partial charge in [-0.05, 0) is 12.8 Å². The van der Waals surface area contributed by atoms with Gasteiger partial charge in [-0.1, -0.05) is 0 Å². The zero-order valence-corrected chi connectivity index (χ0v) is 17.7. The first-order valence-corrected chi connectivity index (χ1v) is 10.8. The summed E-state index contributed by atoms with van der Waals surface area (Å²) in [5.41, 5.74) is 29.8. The minimum absolute atomic E-state index is 0.0542. The molecule has 14 atom stereocenters. The van der Waals surface area contributed by atoms with Crippen LogP contribution in [0.5, 0.6) is 0 Å². The molecule has 14 nitrogen and oxygen atoms in total. The van der Waals surface area contributed by atoms with E-state index in [0.29, 0.717) is 0 Å². The summed E-state index contributed by atoms with van der Waals surface area (Å²) in [5.74, 6) is 0. The van der Waals surface area contributed by atoms with Crippen LogP contribution >= 0.6 is 0 Å². The molecular weight excluding hydrogens is 430 g/mol. The van der Waals surface area contributed by atoms with Crippen molar-refractivity contribution in [3.8, 4) is 0 Å². The van der Waals surface area contributed by atoms with Gasteiger partial charge in [0, 0.05) is 18.6 Å². The van der Waals surface area contributed by atoms with Gasteiger partial charge in [0.1, 0.15) is 36.6 Å². The van der Waals surface area contributed by atoms with Crippen LogP contribution in [0.3, 0.4) is 0 Å². The Labute approximate surface area is 185 Å². The minimum atomic E-state index is -1.44. The van der Waals surface area contributed by atoms with Crippen molar-refractivity contribution in [3.63, 3.8) is 0 Å². The fourth-order valence-electron chi connectivity index (χ4n) is 4.43. The van der Waals surface area contributed by atoms with Crippen molar-refractivity contribution in [3.05, 3.63) is 0 Å². The molecule has 188 valence electrons. The van der Waals surface area contributed by atoms with E-state index in [9.17, 15) is 25.5 Å². The van der Waals surface area contributed by atoms with Crippen LogP contribution in [0.15, 0.2) is 0 Å². The van der Waals surface area contributed by atoms with E-state index >= 15 is 0 Å². The first-order chi connectivity index (χ1) is 15.1. The van der Waals surface area contributed by atoms with Crippen molar-refractivity contribution in [1.82, 2.24) is 0 Å². The molecule has 0 spiro atoms. The Morgan fingerprint density at radius 2 is 1.28 bits per heavy atom. The number of rotatable bonds is 6. The Balaban J connectivity index is 1.70. The molecule has 2 heterocycles. The molecule has 0 aromatic carbocycles. The number of ether oxygens (including phenoxy) is 4. The van der Waals surface area contributed by atoms with Gasteiger partial charge in [0.25, 0.3) is 0 Å². The van der Waals surface area contributed by atoms with E-state index in [-0.39, 0.29) is 19.4 Å². The summed E-state index contributed by atoms with van der Waals surface area (Å²) in [6.07, 6.45) is -10.8. The maximum absolute atomic E-state index is 11.0. The summed E-state index contributed by atoms with van der Waals surface area (Å²) >= 11 is 0. The Morgan fingerprint density at radius 3 is 1.84 bits per heavy atom. The van der Waals surface area contributed by atoms with E-state index in [1.165, 1.54) is 0 Å². The molecule has 0 unspecified atom stereocenters. The number of nitrogens with two attached hydrogens (primary N) is 5. The Morgan fingerprint density at radius 1 is 0.719 bits per heavy atom.